The second kappa shape index (κ2) is 6.22. The number of likely N-dealkylation sites (tertiary alicyclic amines) is 1. The lowest BCUT2D eigenvalue weighted by atomic mass is 9.75. The van der Waals surface area contributed by atoms with E-state index in [0.717, 1.165) is 25.4 Å². The van der Waals surface area contributed by atoms with E-state index in [2.05, 4.69) is 5.32 Å². The summed E-state index contributed by atoms with van der Waals surface area (Å²) < 4.78 is 13.8. The number of hydrogen-bond acceptors (Lipinski definition) is 1. The van der Waals surface area contributed by atoms with E-state index >= 15 is 0 Å². The van der Waals surface area contributed by atoms with Crippen LogP contribution in [-0.2, 0) is 0 Å². The van der Waals surface area contributed by atoms with Gasteiger partial charge in [0.05, 0.1) is 10.7 Å². The van der Waals surface area contributed by atoms with Gasteiger partial charge in [0, 0.05) is 13.1 Å². The van der Waals surface area contributed by atoms with Crippen LogP contribution >= 0.6 is 11.6 Å². The zero-order valence-electron chi connectivity index (χ0n) is 11.9. The summed E-state index contributed by atoms with van der Waals surface area (Å²) in [6.45, 7) is 1.55. The molecule has 0 unspecified atom stereocenters. The van der Waals surface area contributed by atoms with E-state index in [9.17, 15) is 9.18 Å². The number of nitrogens with zero attached hydrogens (tertiary/aromatic N) is 1. The highest BCUT2D eigenvalue weighted by Crippen LogP contribution is 2.36. The fourth-order valence-corrected chi connectivity index (χ4v) is 3.75. The SMILES string of the molecule is O=C(Nc1cccc(Cl)c1F)N1CC[C@@H]2CCCC[C@H]2C1. The summed E-state index contributed by atoms with van der Waals surface area (Å²) in [6, 6.07) is 4.42. The van der Waals surface area contributed by atoms with Crippen LogP contribution in [0.25, 0.3) is 0 Å². The molecule has 2 amide bonds. The molecule has 1 aliphatic heterocycles. The normalized spacial score (nSPS) is 25.3. The van der Waals surface area contributed by atoms with E-state index in [1.165, 1.54) is 37.8 Å². The van der Waals surface area contributed by atoms with Gasteiger partial charge in [-0.1, -0.05) is 36.9 Å². The number of amides is 2. The van der Waals surface area contributed by atoms with Crippen LogP contribution in [0.15, 0.2) is 18.2 Å². The number of urea groups is 1. The lowest BCUT2D eigenvalue weighted by Crippen LogP contribution is -2.46. The second-order valence-electron chi connectivity index (χ2n) is 6.07. The molecule has 1 N–H and O–H groups in total. The van der Waals surface area contributed by atoms with Crippen LogP contribution < -0.4 is 5.32 Å². The Kier molecular flexibility index (Phi) is 4.34. The van der Waals surface area contributed by atoms with Gasteiger partial charge >= 0.3 is 6.03 Å². The number of hydrogen-bond donors (Lipinski definition) is 1. The maximum Gasteiger partial charge on any atom is 0.321 e. The van der Waals surface area contributed by atoms with Crippen LogP contribution in [0.3, 0.4) is 0 Å². The van der Waals surface area contributed by atoms with Crippen LogP contribution in [0.1, 0.15) is 32.1 Å². The van der Waals surface area contributed by atoms with Gasteiger partial charge in [-0.15, -0.1) is 0 Å². The van der Waals surface area contributed by atoms with Crippen LogP contribution in [0.2, 0.25) is 5.02 Å². The highest BCUT2D eigenvalue weighted by atomic mass is 35.5. The first kappa shape index (κ1) is 14.6. The average Bonchev–Trinajstić information content (AvgIpc) is 2.51. The Balaban J connectivity index is 1.64. The van der Waals surface area contributed by atoms with Crippen molar-refractivity contribution < 1.29 is 9.18 Å². The molecule has 1 aliphatic carbocycles. The molecule has 1 aromatic rings. The minimum atomic E-state index is -0.569. The number of benzene rings is 1. The number of nitrogens with one attached hydrogen (secondary N) is 1. The molecule has 5 heteroatoms. The molecule has 0 spiro atoms. The van der Waals surface area contributed by atoms with E-state index in [1.807, 2.05) is 4.90 Å². The van der Waals surface area contributed by atoms with E-state index in [1.54, 1.807) is 6.07 Å². The third-order valence-electron chi connectivity index (χ3n) is 4.77. The Morgan fingerprint density at radius 2 is 2.00 bits per heavy atom. The number of carbonyl (C=O) groups is 1. The molecular weight excluding hydrogens is 291 g/mol. The number of carbonyl (C=O) groups excluding carboxylic acids is 1. The molecule has 114 valence electrons. The summed E-state index contributed by atoms with van der Waals surface area (Å²) in [4.78, 5) is 14.1. The Bertz CT molecular complexity index is 537. The van der Waals surface area contributed by atoms with E-state index in [0.29, 0.717) is 5.92 Å². The van der Waals surface area contributed by atoms with Gasteiger partial charge in [0.2, 0.25) is 0 Å². The highest BCUT2D eigenvalue weighted by molar-refractivity contribution is 6.31. The van der Waals surface area contributed by atoms with Crippen LogP contribution in [0, 0.1) is 17.7 Å². The second-order valence-corrected chi connectivity index (χ2v) is 6.48. The van der Waals surface area contributed by atoms with Crippen molar-refractivity contribution in [2.75, 3.05) is 18.4 Å². The summed E-state index contributed by atoms with van der Waals surface area (Å²) in [7, 11) is 0. The molecular formula is C16H20ClFN2O. The lowest BCUT2D eigenvalue weighted by Gasteiger charge is -2.41. The van der Waals surface area contributed by atoms with Gasteiger partial charge in [-0.25, -0.2) is 9.18 Å². The van der Waals surface area contributed by atoms with Crippen LogP contribution in [0.5, 0.6) is 0 Å². The van der Waals surface area contributed by atoms with E-state index < -0.39 is 5.82 Å². The van der Waals surface area contributed by atoms with Crippen molar-refractivity contribution in [3.63, 3.8) is 0 Å². The van der Waals surface area contributed by atoms with Crippen molar-refractivity contribution in [1.29, 1.82) is 0 Å². The Morgan fingerprint density at radius 1 is 1.24 bits per heavy atom. The van der Waals surface area contributed by atoms with E-state index in [4.69, 9.17) is 11.6 Å². The van der Waals surface area contributed by atoms with Gasteiger partial charge in [0.25, 0.3) is 0 Å². The average molecular weight is 311 g/mol. The molecule has 0 radical (unpaired) electrons. The molecule has 2 fully saturated rings. The minimum Gasteiger partial charge on any atom is -0.324 e. The monoisotopic (exact) mass is 310 g/mol. The molecule has 3 nitrogen and oxygen atoms in total. The number of anilines is 1. The topological polar surface area (TPSA) is 32.3 Å². The first-order valence-electron chi connectivity index (χ1n) is 7.65. The quantitative estimate of drug-likeness (QED) is 0.812. The number of halogens is 2. The summed E-state index contributed by atoms with van der Waals surface area (Å²) in [6.07, 6.45) is 6.15. The van der Waals surface area contributed by atoms with Crippen molar-refractivity contribution in [2.45, 2.75) is 32.1 Å². The maximum absolute atomic E-state index is 13.8. The van der Waals surface area contributed by atoms with Crippen molar-refractivity contribution in [3.05, 3.63) is 29.0 Å². The molecule has 1 saturated heterocycles. The predicted molar refractivity (Wildman–Crippen MR) is 82.1 cm³/mol. The van der Waals surface area contributed by atoms with Crippen molar-refractivity contribution in [3.8, 4) is 0 Å². The van der Waals surface area contributed by atoms with Crippen LogP contribution in [-0.4, -0.2) is 24.0 Å². The lowest BCUT2D eigenvalue weighted by molar-refractivity contribution is 0.108. The molecule has 1 heterocycles. The smallest absolute Gasteiger partial charge is 0.321 e. The molecule has 2 aliphatic rings. The Morgan fingerprint density at radius 3 is 2.81 bits per heavy atom. The molecule has 0 aromatic heterocycles. The van der Waals surface area contributed by atoms with Gasteiger partial charge in [-0.2, -0.15) is 0 Å². The minimum absolute atomic E-state index is 0.0267. The molecule has 0 bridgehead atoms. The first-order valence-corrected chi connectivity index (χ1v) is 8.03. The van der Waals surface area contributed by atoms with Crippen molar-refractivity contribution in [1.82, 2.24) is 4.90 Å². The largest absolute Gasteiger partial charge is 0.324 e. The number of fused-ring (bicyclic) bond motifs is 1. The standard InChI is InChI=1S/C16H20ClFN2O/c17-13-6-3-7-14(15(13)18)19-16(21)20-9-8-11-4-1-2-5-12(11)10-20/h3,6-7,11-12H,1-2,4-5,8-10H2,(H,19,21)/t11-,12-/m0/s1. The zero-order chi connectivity index (χ0) is 14.8. The molecule has 21 heavy (non-hydrogen) atoms. The third kappa shape index (κ3) is 3.15. The van der Waals surface area contributed by atoms with Crippen molar-refractivity contribution in [2.24, 2.45) is 11.8 Å². The van der Waals surface area contributed by atoms with E-state index in [-0.39, 0.29) is 16.7 Å². The molecule has 3 rings (SSSR count). The molecule has 1 saturated carbocycles. The third-order valence-corrected chi connectivity index (χ3v) is 5.06. The summed E-state index contributed by atoms with van der Waals surface area (Å²) >= 11 is 5.73. The fraction of sp³-hybridized carbons (Fsp3) is 0.562. The van der Waals surface area contributed by atoms with Gasteiger partial charge in [-0.3, -0.25) is 0 Å². The fourth-order valence-electron chi connectivity index (χ4n) is 3.58. The van der Waals surface area contributed by atoms with Gasteiger partial charge in [-0.05, 0) is 36.8 Å². The summed E-state index contributed by atoms with van der Waals surface area (Å²) in [5.74, 6) is 0.813. The highest BCUT2D eigenvalue weighted by Gasteiger charge is 2.33. The Hall–Kier alpha value is -1.29. The maximum atomic E-state index is 13.8. The van der Waals surface area contributed by atoms with Gasteiger partial charge < -0.3 is 10.2 Å². The predicted octanol–water partition coefficient (Wildman–Crippen LogP) is 4.52. The number of piperidine rings is 1. The number of rotatable bonds is 1. The van der Waals surface area contributed by atoms with Crippen LogP contribution in [0.4, 0.5) is 14.9 Å². The summed E-state index contributed by atoms with van der Waals surface area (Å²) in [5, 5.41) is 2.67. The Labute approximate surface area is 129 Å². The molecule has 2 atom stereocenters. The molecule has 1 aromatic carbocycles. The first-order chi connectivity index (χ1) is 10.1. The van der Waals surface area contributed by atoms with Gasteiger partial charge in [0.15, 0.2) is 5.82 Å². The van der Waals surface area contributed by atoms with Gasteiger partial charge in [0.1, 0.15) is 0 Å². The zero-order valence-corrected chi connectivity index (χ0v) is 12.7. The summed E-state index contributed by atoms with van der Waals surface area (Å²) in [5.41, 5.74) is 0.151. The van der Waals surface area contributed by atoms with Crippen molar-refractivity contribution >= 4 is 23.3 Å².